The highest BCUT2D eigenvalue weighted by molar-refractivity contribution is 5.76. The van der Waals surface area contributed by atoms with E-state index in [0.717, 1.165) is 12.1 Å². The van der Waals surface area contributed by atoms with Crippen LogP contribution in [0.3, 0.4) is 0 Å². The van der Waals surface area contributed by atoms with Crippen molar-refractivity contribution in [2.75, 3.05) is 6.54 Å². The first kappa shape index (κ1) is 11.1. The Bertz CT molecular complexity index is 333. The van der Waals surface area contributed by atoms with Gasteiger partial charge in [-0.2, -0.15) is 0 Å². The average molecular weight is 218 g/mol. The van der Waals surface area contributed by atoms with E-state index in [1.54, 1.807) is 0 Å². The van der Waals surface area contributed by atoms with Crippen molar-refractivity contribution in [3.05, 3.63) is 35.9 Å². The van der Waals surface area contributed by atoms with Gasteiger partial charge in [-0.1, -0.05) is 30.3 Å². The van der Waals surface area contributed by atoms with Gasteiger partial charge in [-0.3, -0.25) is 4.79 Å². The van der Waals surface area contributed by atoms with Crippen LogP contribution in [0.2, 0.25) is 0 Å². The zero-order valence-electron chi connectivity index (χ0n) is 9.41. The van der Waals surface area contributed by atoms with Crippen LogP contribution in [0.5, 0.6) is 0 Å². The number of rotatable bonds is 6. The van der Waals surface area contributed by atoms with Gasteiger partial charge in [0.1, 0.15) is 0 Å². The van der Waals surface area contributed by atoms with Gasteiger partial charge in [0, 0.05) is 25.6 Å². The van der Waals surface area contributed by atoms with E-state index in [9.17, 15) is 4.79 Å². The molecule has 3 nitrogen and oxygen atoms in total. The molecule has 16 heavy (non-hydrogen) atoms. The fourth-order valence-corrected chi connectivity index (χ4v) is 1.56. The summed E-state index contributed by atoms with van der Waals surface area (Å²) in [6, 6.07) is 10.7. The largest absolute Gasteiger partial charge is 0.352 e. The van der Waals surface area contributed by atoms with Crippen LogP contribution in [-0.2, 0) is 11.3 Å². The maximum Gasteiger partial charge on any atom is 0.221 e. The summed E-state index contributed by atoms with van der Waals surface area (Å²) in [5.74, 6) is 0.122. The van der Waals surface area contributed by atoms with Crippen LogP contribution in [-0.4, -0.2) is 18.5 Å². The van der Waals surface area contributed by atoms with E-state index in [0.29, 0.717) is 19.0 Å². The molecule has 0 saturated heterocycles. The van der Waals surface area contributed by atoms with Crippen molar-refractivity contribution in [3.63, 3.8) is 0 Å². The molecule has 1 aliphatic rings. The lowest BCUT2D eigenvalue weighted by Crippen LogP contribution is -2.28. The number of carbonyl (C=O) groups is 1. The average Bonchev–Trinajstić information content (AvgIpc) is 3.12. The van der Waals surface area contributed by atoms with Gasteiger partial charge < -0.3 is 10.6 Å². The van der Waals surface area contributed by atoms with Crippen LogP contribution in [0.15, 0.2) is 30.3 Å². The van der Waals surface area contributed by atoms with E-state index in [4.69, 9.17) is 0 Å². The van der Waals surface area contributed by atoms with Gasteiger partial charge in [0.15, 0.2) is 0 Å². The van der Waals surface area contributed by atoms with Crippen molar-refractivity contribution < 1.29 is 4.79 Å². The zero-order valence-corrected chi connectivity index (χ0v) is 9.41. The number of carbonyl (C=O) groups excluding carboxylic acids is 1. The molecule has 1 amide bonds. The Labute approximate surface area is 96.2 Å². The van der Waals surface area contributed by atoms with Gasteiger partial charge in [-0.05, 0) is 18.4 Å². The topological polar surface area (TPSA) is 41.1 Å². The minimum absolute atomic E-state index is 0.122. The fraction of sp³-hybridized carbons (Fsp3) is 0.462. The first-order valence-electron chi connectivity index (χ1n) is 5.88. The molecule has 2 N–H and O–H groups in total. The molecule has 3 heteroatoms. The van der Waals surface area contributed by atoms with Crippen molar-refractivity contribution in [2.45, 2.75) is 31.8 Å². The van der Waals surface area contributed by atoms with E-state index in [1.165, 1.54) is 12.8 Å². The summed E-state index contributed by atoms with van der Waals surface area (Å²) in [4.78, 5) is 11.5. The first-order chi connectivity index (χ1) is 7.84. The summed E-state index contributed by atoms with van der Waals surface area (Å²) in [6.45, 7) is 1.42. The molecule has 1 aromatic carbocycles. The Morgan fingerprint density at radius 2 is 2.00 bits per heavy atom. The summed E-state index contributed by atoms with van der Waals surface area (Å²) in [5, 5.41) is 6.24. The molecular weight excluding hydrogens is 200 g/mol. The smallest absolute Gasteiger partial charge is 0.221 e. The molecule has 86 valence electrons. The van der Waals surface area contributed by atoms with Crippen LogP contribution in [0, 0.1) is 0 Å². The van der Waals surface area contributed by atoms with Crippen LogP contribution in [0.25, 0.3) is 0 Å². The molecule has 1 aromatic rings. The SMILES string of the molecule is O=C(CCNC1CC1)NCc1ccccc1. The molecule has 2 rings (SSSR count). The van der Waals surface area contributed by atoms with Crippen molar-refractivity contribution >= 4 is 5.91 Å². The minimum Gasteiger partial charge on any atom is -0.352 e. The first-order valence-corrected chi connectivity index (χ1v) is 5.88. The molecule has 0 unspecified atom stereocenters. The van der Waals surface area contributed by atoms with E-state index >= 15 is 0 Å². The summed E-state index contributed by atoms with van der Waals surface area (Å²) < 4.78 is 0. The predicted molar refractivity (Wildman–Crippen MR) is 63.9 cm³/mol. The lowest BCUT2D eigenvalue weighted by Gasteiger charge is -2.05. The van der Waals surface area contributed by atoms with Crippen LogP contribution in [0.4, 0.5) is 0 Å². The van der Waals surface area contributed by atoms with Crippen molar-refractivity contribution in [1.29, 1.82) is 0 Å². The highest BCUT2D eigenvalue weighted by atomic mass is 16.1. The summed E-state index contributed by atoms with van der Waals surface area (Å²) in [5.41, 5.74) is 1.14. The predicted octanol–water partition coefficient (Wildman–Crippen LogP) is 1.44. The molecule has 0 aliphatic heterocycles. The number of benzene rings is 1. The third-order valence-corrected chi connectivity index (χ3v) is 2.69. The molecule has 1 aliphatic carbocycles. The Hall–Kier alpha value is -1.35. The lowest BCUT2D eigenvalue weighted by atomic mass is 10.2. The van der Waals surface area contributed by atoms with E-state index < -0.39 is 0 Å². The summed E-state index contributed by atoms with van der Waals surface area (Å²) in [6.07, 6.45) is 3.11. The second-order valence-corrected chi connectivity index (χ2v) is 4.24. The van der Waals surface area contributed by atoms with Crippen LogP contribution in [0.1, 0.15) is 24.8 Å². The molecule has 0 atom stereocenters. The maximum absolute atomic E-state index is 11.5. The minimum atomic E-state index is 0.122. The molecule has 0 radical (unpaired) electrons. The summed E-state index contributed by atoms with van der Waals surface area (Å²) >= 11 is 0. The van der Waals surface area contributed by atoms with Gasteiger partial charge in [0.25, 0.3) is 0 Å². The summed E-state index contributed by atoms with van der Waals surface area (Å²) in [7, 11) is 0. The fourth-order valence-electron chi connectivity index (χ4n) is 1.56. The number of amides is 1. The second kappa shape index (κ2) is 5.66. The van der Waals surface area contributed by atoms with Gasteiger partial charge in [-0.15, -0.1) is 0 Å². The van der Waals surface area contributed by atoms with E-state index in [2.05, 4.69) is 10.6 Å². The molecule has 0 spiro atoms. The highest BCUT2D eigenvalue weighted by Gasteiger charge is 2.19. The lowest BCUT2D eigenvalue weighted by molar-refractivity contribution is -0.121. The molecule has 0 aromatic heterocycles. The molecular formula is C13H18N2O. The Balaban J connectivity index is 1.59. The molecule has 1 fully saturated rings. The second-order valence-electron chi connectivity index (χ2n) is 4.24. The normalized spacial score (nSPS) is 14.8. The van der Waals surface area contributed by atoms with Crippen molar-refractivity contribution in [1.82, 2.24) is 10.6 Å². The van der Waals surface area contributed by atoms with Crippen molar-refractivity contribution in [3.8, 4) is 0 Å². The van der Waals surface area contributed by atoms with Crippen LogP contribution < -0.4 is 10.6 Å². The van der Waals surface area contributed by atoms with E-state index in [-0.39, 0.29) is 5.91 Å². The number of hydrogen-bond acceptors (Lipinski definition) is 2. The monoisotopic (exact) mass is 218 g/mol. The standard InChI is InChI=1S/C13H18N2O/c16-13(8-9-14-12-6-7-12)15-10-11-4-2-1-3-5-11/h1-5,12,14H,6-10H2,(H,15,16). The van der Waals surface area contributed by atoms with E-state index in [1.807, 2.05) is 30.3 Å². The van der Waals surface area contributed by atoms with Crippen molar-refractivity contribution in [2.24, 2.45) is 0 Å². The number of nitrogens with one attached hydrogen (secondary N) is 2. The molecule has 1 saturated carbocycles. The van der Waals surface area contributed by atoms with Gasteiger partial charge in [0.05, 0.1) is 0 Å². The maximum atomic E-state index is 11.5. The Kier molecular flexibility index (Phi) is 3.94. The Morgan fingerprint density at radius 1 is 1.25 bits per heavy atom. The third kappa shape index (κ3) is 4.03. The quantitative estimate of drug-likeness (QED) is 0.758. The highest BCUT2D eigenvalue weighted by Crippen LogP contribution is 2.18. The van der Waals surface area contributed by atoms with Gasteiger partial charge in [0.2, 0.25) is 5.91 Å². The third-order valence-electron chi connectivity index (χ3n) is 2.69. The Morgan fingerprint density at radius 3 is 2.69 bits per heavy atom. The number of hydrogen-bond donors (Lipinski definition) is 2. The van der Waals surface area contributed by atoms with Gasteiger partial charge >= 0.3 is 0 Å². The van der Waals surface area contributed by atoms with Gasteiger partial charge in [-0.25, -0.2) is 0 Å². The molecule has 0 bridgehead atoms. The zero-order chi connectivity index (χ0) is 11.2. The molecule has 0 heterocycles. The van der Waals surface area contributed by atoms with Crippen LogP contribution >= 0.6 is 0 Å².